The number of fused-ring (bicyclic) bond motifs is 1. The minimum atomic E-state index is -3.82. The molecule has 0 N–H and O–H groups in total. The molecule has 0 saturated carbocycles. The van der Waals surface area contributed by atoms with Crippen LogP contribution >= 0.6 is 7.75 Å². The standard InChI is InChI=1S/C32H32NO3P/c1-4-35-37(34,36-5-2)33-31-22-21-25(3)23-29(31)30(26-15-9-6-10-16-26)24-32(33,27-17-11-7-12-18-27)28-19-13-8-14-20-28/h6-24H,4-5H2,1-3H3. The van der Waals surface area contributed by atoms with Crippen LogP contribution in [0.15, 0.2) is 115 Å². The lowest BCUT2D eigenvalue weighted by molar-refractivity contribution is 0.213. The molecule has 0 bridgehead atoms. The summed E-state index contributed by atoms with van der Waals surface area (Å²) in [6, 6.07) is 37.0. The Morgan fingerprint density at radius 1 is 0.730 bits per heavy atom. The van der Waals surface area contributed by atoms with Gasteiger partial charge in [0.05, 0.1) is 18.9 Å². The van der Waals surface area contributed by atoms with Gasteiger partial charge in [-0.2, -0.15) is 0 Å². The Hall–Kier alpha value is -3.43. The van der Waals surface area contributed by atoms with Crippen molar-refractivity contribution in [2.45, 2.75) is 26.3 Å². The van der Waals surface area contributed by atoms with Crippen molar-refractivity contribution < 1.29 is 13.6 Å². The van der Waals surface area contributed by atoms with E-state index in [4.69, 9.17) is 9.05 Å². The molecule has 0 aliphatic carbocycles. The third-order valence-corrected chi connectivity index (χ3v) is 8.89. The second-order valence-corrected chi connectivity index (χ2v) is 10.9. The van der Waals surface area contributed by atoms with Gasteiger partial charge in [0.25, 0.3) is 0 Å². The largest absolute Gasteiger partial charge is 0.436 e. The Balaban J connectivity index is 1.96. The highest BCUT2D eigenvalue weighted by molar-refractivity contribution is 7.55. The highest BCUT2D eigenvalue weighted by atomic mass is 31.2. The fourth-order valence-corrected chi connectivity index (χ4v) is 7.28. The van der Waals surface area contributed by atoms with Crippen LogP contribution in [-0.4, -0.2) is 13.2 Å². The molecule has 0 fully saturated rings. The first-order valence-corrected chi connectivity index (χ1v) is 14.2. The fourth-order valence-electron chi connectivity index (χ4n) is 5.21. The first-order valence-electron chi connectivity index (χ1n) is 12.7. The van der Waals surface area contributed by atoms with Gasteiger partial charge in [-0.1, -0.05) is 103 Å². The van der Waals surface area contributed by atoms with Gasteiger partial charge in [-0.25, -0.2) is 4.57 Å². The predicted octanol–water partition coefficient (Wildman–Crippen LogP) is 8.37. The molecule has 4 aromatic carbocycles. The number of hydrogen-bond donors (Lipinski definition) is 0. The highest BCUT2D eigenvalue weighted by Gasteiger charge is 2.52. The van der Waals surface area contributed by atoms with Crippen molar-refractivity contribution in [3.05, 3.63) is 143 Å². The van der Waals surface area contributed by atoms with Gasteiger partial charge in [-0.05, 0) is 61.2 Å². The molecule has 4 nitrogen and oxygen atoms in total. The van der Waals surface area contributed by atoms with E-state index in [1.807, 2.05) is 67.0 Å². The summed E-state index contributed by atoms with van der Waals surface area (Å²) < 4.78 is 28.9. The van der Waals surface area contributed by atoms with Crippen LogP contribution in [0.25, 0.3) is 5.57 Å². The predicted molar refractivity (Wildman–Crippen MR) is 152 cm³/mol. The maximum absolute atomic E-state index is 14.9. The quantitative estimate of drug-likeness (QED) is 0.224. The monoisotopic (exact) mass is 509 g/mol. The van der Waals surface area contributed by atoms with Crippen LogP contribution in [0.3, 0.4) is 0 Å². The van der Waals surface area contributed by atoms with Crippen LogP contribution in [0.5, 0.6) is 0 Å². The Labute approximate surface area is 219 Å². The van der Waals surface area contributed by atoms with E-state index in [-0.39, 0.29) is 13.2 Å². The van der Waals surface area contributed by atoms with E-state index in [2.05, 4.69) is 73.7 Å². The van der Waals surface area contributed by atoms with Crippen molar-refractivity contribution >= 4 is 19.0 Å². The summed E-state index contributed by atoms with van der Waals surface area (Å²) in [5.41, 5.74) is 6.07. The van der Waals surface area contributed by atoms with Crippen molar-refractivity contribution in [2.75, 3.05) is 17.9 Å². The Morgan fingerprint density at radius 2 is 1.24 bits per heavy atom. The summed E-state index contributed by atoms with van der Waals surface area (Å²) in [7, 11) is -3.82. The molecule has 1 aliphatic heterocycles. The van der Waals surface area contributed by atoms with Crippen molar-refractivity contribution in [3.8, 4) is 0 Å². The van der Waals surface area contributed by atoms with E-state index in [1.165, 1.54) is 0 Å². The number of hydrogen-bond acceptors (Lipinski definition) is 3. The van der Waals surface area contributed by atoms with Crippen LogP contribution < -0.4 is 4.67 Å². The zero-order valence-electron chi connectivity index (χ0n) is 21.5. The third-order valence-electron chi connectivity index (χ3n) is 6.70. The molecule has 0 radical (unpaired) electrons. The van der Waals surface area contributed by atoms with Crippen molar-refractivity contribution in [3.63, 3.8) is 0 Å². The van der Waals surface area contributed by atoms with Gasteiger partial charge in [-0.3, -0.25) is 13.7 Å². The fraction of sp³-hybridized carbons (Fsp3) is 0.188. The normalized spacial score (nSPS) is 14.7. The van der Waals surface area contributed by atoms with E-state index in [0.29, 0.717) is 0 Å². The molecule has 1 heterocycles. The molecule has 0 spiro atoms. The van der Waals surface area contributed by atoms with Gasteiger partial charge in [0, 0.05) is 5.56 Å². The second kappa shape index (κ2) is 10.5. The Kier molecular flexibility index (Phi) is 7.17. The summed E-state index contributed by atoms with van der Waals surface area (Å²) in [5, 5.41) is 0. The number of nitrogens with zero attached hydrogens (tertiary/aromatic N) is 1. The number of aryl methyl sites for hydroxylation is 1. The van der Waals surface area contributed by atoms with Gasteiger partial charge in [0.1, 0.15) is 5.54 Å². The molecule has 0 amide bonds. The lowest BCUT2D eigenvalue weighted by Gasteiger charge is -2.49. The maximum Gasteiger partial charge on any atom is 0.436 e. The Morgan fingerprint density at radius 3 is 1.76 bits per heavy atom. The first-order chi connectivity index (χ1) is 18.0. The molecule has 0 unspecified atom stereocenters. The third kappa shape index (κ3) is 4.46. The number of anilines is 1. The second-order valence-electron chi connectivity index (χ2n) is 9.06. The molecule has 0 aromatic heterocycles. The summed E-state index contributed by atoms with van der Waals surface area (Å²) in [4.78, 5) is 0. The van der Waals surface area contributed by atoms with Gasteiger partial charge in [0.2, 0.25) is 0 Å². The van der Waals surface area contributed by atoms with Crippen LogP contribution in [0.2, 0.25) is 0 Å². The summed E-state index contributed by atoms with van der Waals surface area (Å²) >= 11 is 0. The Bertz CT molecular complexity index is 1390. The molecular formula is C32H32NO3P. The molecule has 5 heteroatoms. The lowest BCUT2D eigenvalue weighted by atomic mass is 9.76. The average molecular weight is 510 g/mol. The van der Waals surface area contributed by atoms with E-state index in [9.17, 15) is 4.57 Å². The number of rotatable bonds is 8. The van der Waals surface area contributed by atoms with E-state index >= 15 is 0 Å². The van der Waals surface area contributed by atoms with E-state index < -0.39 is 13.3 Å². The van der Waals surface area contributed by atoms with Crippen molar-refractivity contribution in [2.24, 2.45) is 0 Å². The molecule has 188 valence electrons. The molecular weight excluding hydrogens is 477 g/mol. The summed E-state index contributed by atoms with van der Waals surface area (Å²) in [6.45, 7) is 6.29. The lowest BCUT2D eigenvalue weighted by Crippen LogP contribution is -2.47. The smallest absolute Gasteiger partial charge is 0.292 e. The van der Waals surface area contributed by atoms with Crippen LogP contribution in [0.1, 0.15) is 41.7 Å². The zero-order valence-corrected chi connectivity index (χ0v) is 22.4. The van der Waals surface area contributed by atoms with Gasteiger partial charge < -0.3 is 0 Å². The molecule has 1 aliphatic rings. The molecule has 0 saturated heterocycles. The van der Waals surface area contributed by atoms with E-state index in [0.717, 1.165) is 39.1 Å². The molecule has 37 heavy (non-hydrogen) atoms. The average Bonchev–Trinajstić information content (AvgIpc) is 2.94. The maximum atomic E-state index is 14.9. The molecule has 0 atom stereocenters. The number of benzene rings is 4. The van der Waals surface area contributed by atoms with Crippen LogP contribution in [-0.2, 0) is 19.2 Å². The van der Waals surface area contributed by atoms with Gasteiger partial charge >= 0.3 is 7.75 Å². The molecule has 4 aromatic rings. The first kappa shape index (κ1) is 25.2. The SMILES string of the molecule is CCOP(=O)(OCC)N1c2ccc(C)cc2C(c2ccccc2)=CC1(c1ccccc1)c1ccccc1. The topological polar surface area (TPSA) is 38.8 Å². The highest BCUT2D eigenvalue weighted by Crippen LogP contribution is 2.65. The summed E-state index contributed by atoms with van der Waals surface area (Å²) in [6.07, 6.45) is 2.24. The minimum Gasteiger partial charge on any atom is -0.292 e. The van der Waals surface area contributed by atoms with Crippen molar-refractivity contribution in [1.29, 1.82) is 0 Å². The van der Waals surface area contributed by atoms with Gasteiger partial charge in [0.15, 0.2) is 0 Å². The molecule has 5 rings (SSSR count). The van der Waals surface area contributed by atoms with Crippen LogP contribution in [0.4, 0.5) is 5.69 Å². The summed E-state index contributed by atoms with van der Waals surface area (Å²) in [5.74, 6) is 0. The van der Waals surface area contributed by atoms with Crippen molar-refractivity contribution in [1.82, 2.24) is 0 Å². The van der Waals surface area contributed by atoms with Gasteiger partial charge in [-0.15, -0.1) is 0 Å². The van der Waals surface area contributed by atoms with Crippen LogP contribution in [0, 0.1) is 6.92 Å². The van der Waals surface area contributed by atoms with E-state index in [1.54, 1.807) is 0 Å². The minimum absolute atomic E-state index is 0.254. The zero-order chi connectivity index (χ0) is 25.9.